The lowest BCUT2D eigenvalue weighted by Crippen LogP contribution is -2.27. The van der Waals surface area contributed by atoms with Gasteiger partial charge in [0.15, 0.2) is 5.82 Å². The molecular formula is C19H27FN6O. The Morgan fingerprint density at radius 1 is 1.33 bits per heavy atom. The summed E-state index contributed by atoms with van der Waals surface area (Å²) in [6.07, 6.45) is 7.99. The molecule has 2 aromatic rings. The average Bonchev–Trinajstić information content (AvgIpc) is 3.35. The van der Waals surface area contributed by atoms with E-state index in [0.29, 0.717) is 18.4 Å². The van der Waals surface area contributed by atoms with E-state index in [4.69, 9.17) is 4.74 Å². The van der Waals surface area contributed by atoms with E-state index in [1.54, 1.807) is 6.08 Å². The van der Waals surface area contributed by atoms with Gasteiger partial charge in [-0.3, -0.25) is 4.98 Å². The van der Waals surface area contributed by atoms with E-state index in [0.717, 1.165) is 43.1 Å². The maximum absolute atomic E-state index is 12.4. The van der Waals surface area contributed by atoms with Crippen LogP contribution in [0.1, 0.15) is 49.2 Å². The molecule has 3 rings (SSSR count). The van der Waals surface area contributed by atoms with Gasteiger partial charge in [0.1, 0.15) is 6.67 Å². The van der Waals surface area contributed by atoms with Crippen molar-refractivity contribution in [2.75, 3.05) is 26.4 Å². The first-order chi connectivity index (χ1) is 13.2. The lowest BCUT2D eigenvalue weighted by atomic mass is 10.00. The SMILES string of the molecule is CC(C)c1cncc(C(NC/C=C/CF)c2nnnn2CC2CCOC2)c1. The van der Waals surface area contributed by atoms with Gasteiger partial charge in [0.2, 0.25) is 0 Å². The molecule has 0 spiro atoms. The predicted molar refractivity (Wildman–Crippen MR) is 100 cm³/mol. The van der Waals surface area contributed by atoms with E-state index in [1.807, 2.05) is 17.1 Å². The molecule has 146 valence electrons. The number of halogens is 1. The van der Waals surface area contributed by atoms with Crippen LogP contribution in [0.2, 0.25) is 0 Å². The Bertz CT molecular complexity index is 741. The highest BCUT2D eigenvalue weighted by Gasteiger charge is 2.24. The van der Waals surface area contributed by atoms with Crippen molar-refractivity contribution in [2.45, 2.75) is 38.8 Å². The van der Waals surface area contributed by atoms with Gasteiger partial charge >= 0.3 is 0 Å². The monoisotopic (exact) mass is 374 g/mol. The minimum absolute atomic E-state index is 0.224. The largest absolute Gasteiger partial charge is 0.381 e. The van der Waals surface area contributed by atoms with Crippen molar-refractivity contribution in [1.82, 2.24) is 30.5 Å². The second-order valence-electron chi connectivity index (χ2n) is 7.12. The third-order valence-electron chi connectivity index (χ3n) is 4.75. The number of alkyl halides is 1. The van der Waals surface area contributed by atoms with Crippen molar-refractivity contribution in [1.29, 1.82) is 0 Å². The molecule has 1 fully saturated rings. The van der Waals surface area contributed by atoms with Gasteiger partial charge in [0.25, 0.3) is 0 Å². The molecule has 2 aromatic heterocycles. The summed E-state index contributed by atoms with van der Waals surface area (Å²) in [5.41, 5.74) is 2.15. The highest BCUT2D eigenvalue weighted by Crippen LogP contribution is 2.24. The smallest absolute Gasteiger partial charge is 0.172 e. The third kappa shape index (κ3) is 5.17. The van der Waals surface area contributed by atoms with E-state index in [1.165, 1.54) is 6.08 Å². The van der Waals surface area contributed by atoms with Crippen LogP contribution in [0.3, 0.4) is 0 Å². The van der Waals surface area contributed by atoms with Crippen LogP contribution in [-0.4, -0.2) is 51.6 Å². The molecule has 0 aromatic carbocycles. The molecule has 3 heterocycles. The van der Waals surface area contributed by atoms with Gasteiger partial charge in [-0.1, -0.05) is 32.1 Å². The quantitative estimate of drug-likeness (QED) is 0.679. The van der Waals surface area contributed by atoms with Crippen molar-refractivity contribution in [3.8, 4) is 0 Å². The molecule has 7 nitrogen and oxygen atoms in total. The highest BCUT2D eigenvalue weighted by atomic mass is 19.1. The molecule has 0 radical (unpaired) electrons. The summed E-state index contributed by atoms with van der Waals surface area (Å²) >= 11 is 0. The summed E-state index contributed by atoms with van der Waals surface area (Å²) in [5.74, 6) is 1.52. The molecule has 1 N–H and O–H groups in total. The molecule has 0 saturated carbocycles. The number of rotatable bonds is 9. The van der Waals surface area contributed by atoms with Crippen LogP contribution in [0, 0.1) is 5.92 Å². The first-order valence-corrected chi connectivity index (χ1v) is 9.42. The van der Waals surface area contributed by atoms with E-state index < -0.39 is 6.67 Å². The number of nitrogens with zero attached hydrogens (tertiary/aromatic N) is 5. The lowest BCUT2D eigenvalue weighted by Gasteiger charge is -2.19. The first-order valence-electron chi connectivity index (χ1n) is 9.42. The number of allylic oxidation sites excluding steroid dienone is 1. The fraction of sp³-hybridized carbons (Fsp3) is 0.579. The number of pyridine rings is 1. The van der Waals surface area contributed by atoms with Gasteiger partial charge in [-0.2, -0.15) is 0 Å². The van der Waals surface area contributed by atoms with Crippen LogP contribution < -0.4 is 5.32 Å². The maximum Gasteiger partial charge on any atom is 0.172 e. The summed E-state index contributed by atoms with van der Waals surface area (Å²) in [4.78, 5) is 4.40. The van der Waals surface area contributed by atoms with Gasteiger partial charge in [0.05, 0.1) is 12.6 Å². The number of ether oxygens (including phenoxy) is 1. The molecule has 8 heteroatoms. The van der Waals surface area contributed by atoms with Gasteiger partial charge in [-0.25, -0.2) is 9.07 Å². The molecule has 1 aliphatic heterocycles. The minimum Gasteiger partial charge on any atom is -0.381 e. The predicted octanol–water partition coefficient (Wildman–Crippen LogP) is 2.43. The highest BCUT2D eigenvalue weighted by molar-refractivity contribution is 5.27. The number of nitrogens with one attached hydrogen (secondary N) is 1. The Labute approximate surface area is 159 Å². The zero-order chi connectivity index (χ0) is 19.1. The van der Waals surface area contributed by atoms with Crippen molar-refractivity contribution < 1.29 is 9.13 Å². The second-order valence-corrected chi connectivity index (χ2v) is 7.12. The molecule has 0 aliphatic carbocycles. The Balaban J connectivity index is 1.87. The van der Waals surface area contributed by atoms with Gasteiger partial charge in [-0.05, 0) is 33.9 Å². The zero-order valence-corrected chi connectivity index (χ0v) is 15.9. The molecular weight excluding hydrogens is 347 g/mol. The summed E-state index contributed by atoms with van der Waals surface area (Å²) in [7, 11) is 0. The topological polar surface area (TPSA) is 77.8 Å². The van der Waals surface area contributed by atoms with E-state index in [9.17, 15) is 4.39 Å². The van der Waals surface area contributed by atoms with Crippen molar-refractivity contribution in [3.05, 3.63) is 47.6 Å². The average molecular weight is 374 g/mol. The summed E-state index contributed by atoms with van der Waals surface area (Å²) in [5, 5.41) is 15.8. The summed E-state index contributed by atoms with van der Waals surface area (Å²) in [6.45, 7) is 6.56. The lowest BCUT2D eigenvalue weighted by molar-refractivity contribution is 0.181. The van der Waals surface area contributed by atoms with Crippen molar-refractivity contribution in [2.24, 2.45) is 5.92 Å². The van der Waals surface area contributed by atoms with Crippen LogP contribution in [0.25, 0.3) is 0 Å². The number of aromatic nitrogens is 5. The number of hydrogen-bond acceptors (Lipinski definition) is 6. The fourth-order valence-corrected chi connectivity index (χ4v) is 3.16. The third-order valence-corrected chi connectivity index (χ3v) is 4.75. The molecule has 2 atom stereocenters. The van der Waals surface area contributed by atoms with Gasteiger partial charge < -0.3 is 10.1 Å². The minimum atomic E-state index is -0.476. The standard InChI is InChI=1S/C19H27FN6O/c1-14(2)16-9-17(11-21-10-16)18(22-7-4-3-6-20)19-23-24-25-26(19)12-15-5-8-27-13-15/h3-4,9-11,14-15,18,22H,5-8,12-13H2,1-2H3/b4-3+. The Morgan fingerprint density at radius 2 is 2.19 bits per heavy atom. The normalized spacial score (nSPS) is 18.6. The van der Waals surface area contributed by atoms with Crippen LogP contribution in [0.15, 0.2) is 30.6 Å². The maximum atomic E-state index is 12.4. The van der Waals surface area contributed by atoms with E-state index >= 15 is 0 Å². The summed E-state index contributed by atoms with van der Waals surface area (Å²) in [6, 6.07) is 1.91. The first kappa shape index (κ1) is 19.6. The summed E-state index contributed by atoms with van der Waals surface area (Å²) < 4.78 is 19.7. The number of hydrogen-bond donors (Lipinski definition) is 1. The van der Waals surface area contributed by atoms with E-state index in [-0.39, 0.29) is 6.04 Å². The van der Waals surface area contributed by atoms with Crippen molar-refractivity contribution >= 4 is 0 Å². The van der Waals surface area contributed by atoms with Gasteiger partial charge in [-0.15, -0.1) is 5.10 Å². The fourth-order valence-electron chi connectivity index (χ4n) is 3.16. The van der Waals surface area contributed by atoms with Crippen LogP contribution in [0.4, 0.5) is 4.39 Å². The number of tetrazole rings is 1. The Kier molecular flexibility index (Phi) is 7.00. The van der Waals surface area contributed by atoms with E-state index in [2.05, 4.69) is 45.7 Å². The van der Waals surface area contributed by atoms with Crippen LogP contribution >= 0.6 is 0 Å². The molecule has 1 aliphatic rings. The second kappa shape index (κ2) is 9.66. The van der Waals surface area contributed by atoms with Crippen LogP contribution in [0.5, 0.6) is 0 Å². The Morgan fingerprint density at radius 3 is 2.93 bits per heavy atom. The Hall–Kier alpha value is -2.19. The zero-order valence-electron chi connectivity index (χ0n) is 15.9. The molecule has 27 heavy (non-hydrogen) atoms. The van der Waals surface area contributed by atoms with Gasteiger partial charge in [0, 0.05) is 38.0 Å². The molecule has 0 bridgehead atoms. The molecule has 1 saturated heterocycles. The molecule has 0 amide bonds. The van der Waals surface area contributed by atoms with Crippen molar-refractivity contribution in [3.63, 3.8) is 0 Å². The van der Waals surface area contributed by atoms with Crippen LogP contribution in [-0.2, 0) is 11.3 Å². The molecule has 2 unspecified atom stereocenters.